The van der Waals surface area contributed by atoms with E-state index < -0.39 is 21.9 Å². The predicted octanol–water partition coefficient (Wildman–Crippen LogP) is 5.79. The van der Waals surface area contributed by atoms with Crippen LogP contribution in [0.15, 0.2) is 101 Å². The molecule has 1 amide bonds. The zero-order valence-electron chi connectivity index (χ0n) is 20.8. The van der Waals surface area contributed by atoms with E-state index >= 15 is 0 Å². The van der Waals surface area contributed by atoms with Crippen molar-refractivity contribution in [3.05, 3.63) is 118 Å². The summed E-state index contributed by atoms with van der Waals surface area (Å²) in [6.07, 6.45) is 1.38. The quantitative estimate of drug-likeness (QED) is 0.109. The first-order valence-corrected chi connectivity index (χ1v) is 13.8. The number of carbonyl (C=O) groups excluding carboxylic acids is 2. The average molecular weight is 598 g/mol. The fraction of sp³-hybridized carbons (Fsp3) is 0.0357. The van der Waals surface area contributed by atoms with Gasteiger partial charge in [-0.05, 0) is 78.4 Å². The summed E-state index contributed by atoms with van der Waals surface area (Å²) in [6.45, 7) is 0. The highest BCUT2D eigenvalue weighted by Gasteiger charge is 2.17. The van der Waals surface area contributed by atoms with Gasteiger partial charge in [0.15, 0.2) is 11.5 Å². The number of methoxy groups -OCH3 is 1. The van der Waals surface area contributed by atoms with E-state index in [1.54, 1.807) is 30.3 Å². The van der Waals surface area contributed by atoms with Crippen LogP contribution < -0.4 is 19.6 Å². The van der Waals surface area contributed by atoms with Gasteiger partial charge in [-0.2, -0.15) is 5.10 Å². The first-order valence-electron chi connectivity index (χ1n) is 11.5. The summed E-state index contributed by atoms with van der Waals surface area (Å²) in [7, 11) is -2.34. The van der Waals surface area contributed by atoms with Crippen LogP contribution >= 0.6 is 23.2 Å². The van der Waals surface area contributed by atoms with Gasteiger partial charge in [-0.3, -0.25) is 9.52 Å². The molecule has 0 atom stereocenters. The average Bonchev–Trinajstić information content (AvgIpc) is 2.94. The molecule has 0 aromatic heterocycles. The summed E-state index contributed by atoms with van der Waals surface area (Å²) < 4.78 is 38.1. The number of rotatable bonds is 9. The molecule has 4 aromatic carbocycles. The first-order chi connectivity index (χ1) is 19.2. The fourth-order valence-corrected chi connectivity index (χ4v) is 4.96. The number of carbonyl (C=O) groups is 2. The van der Waals surface area contributed by atoms with Gasteiger partial charge in [0, 0.05) is 16.3 Å². The Balaban J connectivity index is 1.37. The number of hydrogen-bond acceptors (Lipinski definition) is 7. The zero-order chi connectivity index (χ0) is 28.7. The van der Waals surface area contributed by atoms with Gasteiger partial charge in [0.1, 0.15) is 0 Å². The Morgan fingerprint density at radius 3 is 2.27 bits per heavy atom. The maximum absolute atomic E-state index is 12.5. The normalized spacial score (nSPS) is 11.2. The molecule has 40 heavy (non-hydrogen) atoms. The Morgan fingerprint density at radius 2 is 1.60 bits per heavy atom. The Hall–Kier alpha value is -4.38. The number of sulfonamides is 1. The van der Waals surface area contributed by atoms with Gasteiger partial charge in [-0.15, -0.1) is 0 Å². The van der Waals surface area contributed by atoms with Gasteiger partial charge in [-0.25, -0.2) is 18.6 Å². The number of amides is 1. The fourth-order valence-electron chi connectivity index (χ4n) is 3.39. The molecule has 0 aliphatic heterocycles. The Morgan fingerprint density at radius 1 is 0.875 bits per heavy atom. The lowest BCUT2D eigenvalue weighted by atomic mass is 10.2. The van der Waals surface area contributed by atoms with Crippen LogP contribution in [0.3, 0.4) is 0 Å². The van der Waals surface area contributed by atoms with Gasteiger partial charge in [-0.1, -0.05) is 41.4 Å². The number of esters is 1. The summed E-state index contributed by atoms with van der Waals surface area (Å²) in [5, 5.41) is 4.48. The minimum atomic E-state index is -3.75. The molecule has 0 spiro atoms. The van der Waals surface area contributed by atoms with Crippen molar-refractivity contribution < 1.29 is 27.5 Å². The molecule has 4 aromatic rings. The van der Waals surface area contributed by atoms with Crippen LogP contribution in [-0.2, 0) is 10.0 Å². The summed E-state index contributed by atoms with van der Waals surface area (Å²) in [5.74, 6) is -0.788. The van der Waals surface area contributed by atoms with E-state index in [-0.39, 0.29) is 32.5 Å². The second-order valence-corrected chi connectivity index (χ2v) is 10.6. The zero-order valence-corrected chi connectivity index (χ0v) is 23.1. The van der Waals surface area contributed by atoms with Crippen molar-refractivity contribution in [3.63, 3.8) is 0 Å². The minimum Gasteiger partial charge on any atom is -0.493 e. The maximum atomic E-state index is 12.5. The molecule has 12 heteroatoms. The first kappa shape index (κ1) is 28.6. The molecule has 204 valence electrons. The molecule has 0 aliphatic carbocycles. The molecule has 9 nitrogen and oxygen atoms in total. The molecule has 0 fully saturated rings. The van der Waals surface area contributed by atoms with Crippen molar-refractivity contribution in [1.82, 2.24) is 5.43 Å². The lowest BCUT2D eigenvalue weighted by molar-refractivity contribution is 0.0729. The van der Waals surface area contributed by atoms with Crippen LogP contribution in [-0.4, -0.2) is 33.6 Å². The monoisotopic (exact) mass is 597 g/mol. The molecular formula is C28H21Cl2N3O6S. The van der Waals surface area contributed by atoms with E-state index in [0.717, 1.165) is 0 Å². The summed E-state index contributed by atoms with van der Waals surface area (Å²) in [4.78, 5) is 25.1. The van der Waals surface area contributed by atoms with E-state index in [4.69, 9.17) is 32.7 Å². The second-order valence-electron chi connectivity index (χ2n) is 8.12. The van der Waals surface area contributed by atoms with Gasteiger partial charge in [0.2, 0.25) is 0 Å². The number of nitrogens with zero attached hydrogens (tertiary/aromatic N) is 1. The van der Waals surface area contributed by atoms with Crippen molar-refractivity contribution in [2.75, 3.05) is 11.8 Å². The maximum Gasteiger partial charge on any atom is 0.345 e. The van der Waals surface area contributed by atoms with Crippen LogP contribution in [0.25, 0.3) is 0 Å². The third kappa shape index (κ3) is 7.17. The molecule has 0 bridgehead atoms. The van der Waals surface area contributed by atoms with E-state index in [0.29, 0.717) is 16.3 Å². The molecule has 0 radical (unpaired) electrons. The number of hydrazone groups is 1. The summed E-state index contributed by atoms with van der Waals surface area (Å²) >= 11 is 11.9. The summed E-state index contributed by atoms with van der Waals surface area (Å²) in [6, 6.07) is 22.9. The standard InChI is InChI=1S/C28H21Cl2N3O6S/c1-38-26-15-18(7-14-25(26)39-28(35)23-13-10-20(29)16-24(23)30)17-31-32-27(34)19-8-11-21(12-9-19)33-40(36,37)22-5-3-2-4-6-22/h2-17,33H,1H3,(H,32,34)/b31-17-. The largest absolute Gasteiger partial charge is 0.493 e. The number of anilines is 1. The van der Waals surface area contributed by atoms with Gasteiger partial charge in [0.25, 0.3) is 15.9 Å². The Kier molecular flexibility index (Phi) is 9.05. The van der Waals surface area contributed by atoms with Crippen LogP contribution in [0, 0.1) is 0 Å². The molecule has 0 heterocycles. The van der Waals surface area contributed by atoms with E-state index in [2.05, 4.69) is 15.2 Å². The predicted molar refractivity (Wildman–Crippen MR) is 153 cm³/mol. The molecule has 0 saturated heterocycles. The van der Waals surface area contributed by atoms with E-state index in [9.17, 15) is 18.0 Å². The van der Waals surface area contributed by atoms with Gasteiger partial charge < -0.3 is 9.47 Å². The molecule has 0 saturated carbocycles. The van der Waals surface area contributed by atoms with E-state index in [1.807, 2.05) is 0 Å². The molecule has 0 aliphatic rings. The van der Waals surface area contributed by atoms with Crippen molar-refractivity contribution in [2.24, 2.45) is 5.10 Å². The van der Waals surface area contributed by atoms with Crippen LogP contribution in [0.4, 0.5) is 5.69 Å². The van der Waals surface area contributed by atoms with Crippen molar-refractivity contribution in [2.45, 2.75) is 4.90 Å². The topological polar surface area (TPSA) is 123 Å². The highest BCUT2D eigenvalue weighted by atomic mass is 35.5. The molecule has 2 N–H and O–H groups in total. The van der Waals surface area contributed by atoms with Crippen molar-refractivity contribution in [1.29, 1.82) is 0 Å². The number of ether oxygens (including phenoxy) is 2. The highest BCUT2D eigenvalue weighted by molar-refractivity contribution is 7.92. The highest BCUT2D eigenvalue weighted by Crippen LogP contribution is 2.30. The van der Waals surface area contributed by atoms with Crippen LogP contribution in [0.5, 0.6) is 11.5 Å². The van der Waals surface area contributed by atoms with Crippen molar-refractivity contribution >= 4 is 57.0 Å². The second kappa shape index (κ2) is 12.6. The molecular weight excluding hydrogens is 577 g/mol. The lowest BCUT2D eigenvalue weighted by Crippen LogP contribution is -2.18. The number of benzene rings is 4. The minimum absolute atomic E-state index is 0.125. The smallest absolute Gasteiger partial charge is 0.345 e. The summed E-state index contributed by atoms with van der Waals surface area (Å²) in [5.41, 5.74) is 3.65. The number of hydrogen-bond donors (Lipinski definition) is 2. The van der Waals surface area contributed by atoms with Crippen LogP contribution in [0.2, 0.25) is 10.0 Å². The van der Waals surface area contributed by atoms with Gasteiger partial charge >= 0.3 is 5.97 Å². The van der Waals surface area contributed by atoms with Gasteiger partial charge in [0.05, 0.1) is 28.8 Å². The van der Waals surface area contributed by atoms with E-state index in [1.165, 1.54) is 74.0 Å². The third-order valence-electron chi connectivity index (χ3n) is 5.37. The third-order valence-corrected chi connectivity index (χ3v) is 7.32. The van der Waals surface area contributed by atoms with Crippen molar-refractivity contribution in [3.8, 4) is 11.5 Å². The molecule has 4 rings (SSSR count). The SMILES string of the molecule is COc1cc(/C=N\NC(=O)c2ccc(NS(=O)(=O)c3ccccc3)cc2)ccc1OC(=O)c1ccc(Cl)cc1Cl. The Labute approximate surface area is 240 Å². The number of halogens is 2. The Bertz CT molecular complexity index is 1680. The molecule has 0 unspecified atom stereocenters. The number of nitrogens with one attached hydrogen (secondary N) is 2. The van der Waals surface area contributed by atoms with Crippen LogP contribution in [0.1, 0.15) is 26.3 Å². The lowest BCUT2D eigenvalue weighted by Gasteiger charge is -2.10.